The monoisotopic (exact) mass is 193 g/mol. The van der Waals surface area contributed by atoms with E-state index < -0.39 is 30.9 Å². The van der Waals surface area contributed by atoms with E-state index >= 15 is 0 Å². The minimum absolute atomic E-state index is 0.419. The van der Waals surface area contributed by atoms with Crippen LogP contribution < -0.4 is 0 Å². The van der Waals surface area contributed by atoms with Crippen molar-refractivity contribution >= 4 is 5.97 Å². The zero-order valence-corrected chi connectivity index (χ0v) is 7.46. The van der Waals surface area contributed by atoms with Crippen molar-refractivity contribution in [2.45, 2.75) is 31.7 Å². The van der Waals surface area contributed by atoms with Crippen LogP contribution in [-0.4, -0.2) is 41.0 Å². The van der Waals surface area contributed by atoms with Crippen LogP contribution in [0, 0.1) is 0 Å². The lowest BCUT2D eigenvalue weighted by Gasteiger charge is -2.18. The van der Waals surface area contributed by atoms with Gasteiger partial charge in [-0.15, -0.1) is 0 Å². The molecule has 0 saturated carbocycles. The summed E-state index contributed by atoms with van der Waals surface area (Å²) in [6, 6.07) is -1.00. The molecule has 0 aromatic carbocycles. The van der Waals surface area contributed by atoms with Crippen molar-refractivity contribution in [2.24, 2.45) is 0 Å². The minimum atomic E-state index is -2.84. The van der Waals surface area contributed by atoms with E-state index in [0.717, 1.165) is 0 Å². The molecule has 0 aliphatic carbocycles. The number of carbonyl (C=O) groups is 1. The van der Waals surface area contributed by atoms with Crippen LogP contribution in [0.4, 0.5) is 8.78 Å². The van der Waals surface area contributed by atoms with Gasteiger partial charge in [-0.1, -0.05) is 6.92 Å². The molecule has 1 heterocycles. The number of rotatable bonds is 3. The highest BCUT2D eigenvalue weighted by Gasteiger charge is 2.47. The Morgan fingerprint density at radius 3 is 2.77 bits per heavy atom. The molecular formula is C8H13F2NO2. The number of likely N-dealkylation sites (tertiary alicyclic amines) is 1. The second kappa shape index (κ2) is 3.57. The normalized spacial score (nSPS) is 27.8. The maximum Gasteiger partial charge on any atom is 0.321 e. The number of carboxylic acids is 1. The summed E-state index contributed by atoms with van der Waals surface area (Å²) in [6.07, 6.45) is 0.141. The van der Waals surface area contributed by atoms with Crippen LogP contribution in [0.2, 0.25) is 0 Å². The van der Waals surface area contributed by atoms with Crippen molar-refractivity contribution in [3.05, 3.63) is 0 Å². The molecule has 1 unspecified atom stereocenters. The van der Waals surface area contributed by atoms with Crippen LogP contribution in [0.15, 0.2) is 0 Å². The Bertz CT molecular complexity index is 208. The van der Waals surface area contributed by atoms with Gasteiger partial charge in [0.1, 0.15) is 6.04 Å². The Hall–Kier alpha value is -0.710. The lowest BCUT2D eigenvalue weighted by molar-refractivity contribution is -0.142. The molecule has 1 fully saturated rings. The van der Waals surface area contributed by atoms with Gasteiger partial charge >= 0.3 is 5.97 Å². The van der Waals surface area contributed by atoms with Crippen LogP contribution in [0.25, 0.3) is 0 Å². The van der Waals surface area contributed by atoms with Gasteiger partial charge in [-0.25, -0.2) is 8.78 Å². The van der Waals surface area contributed by atoms with E-state index in [1.807, 2.05) is 6.92 Å². The van der Waals surface area contributed by atoms with Gasteiger partial charge in [0.25, 0.3) is 5.92 Å². The van der Waals surface area contributed by atoms with Gasteiger partial charge in [-0.3, -0.25) is 9.69 Å². The van der Waals surface area contributed by atoms with E-state index in [-0.39, 0.29) is 0 Å². The average Bonchev–Trinajstić information content (AvgIpc) is 2.26. The highest BCUT2D eigenvalue weighted by molar-refractivity contribution is 5.74. The Morgan fingerprint density at radius 1 is 1.69 bits per heavy atom. The number of nitrogens with zero attached hydrogens (tertiary/aromatic N) is 1. The zero-order valence-electron chi connectivity index (χ0n) is 7.46. The van der Waals surface area contributed by atoms with E-state index in [1.165, 1.54) is 4.90 Å². The summed E-state index contributed by atoms with van der Waals surface area (Å²) < 4.78 is 25.6. The van der Waals surface area contributed by atoms with E-state index in [4.69, 9.17) is 5.11 Å². The van der Waals surface area contributed by atoms with Gasteiger partial charge in [0.05, 0.1) is 6.54 Å². The third kappa shape index (κ3) is 2.37. The fourth-order valence-corrected chi connectivity index (χ4v) is 1.65. The molecule has 1 N–H and O–H groups in total. The van der Waals surface area contributed by atoms with Gasteiger partial charge in [0, 0.05) is 6.42 Å². The lowest BCUT2D eigenvalue weighted by atomic mass is 10.2. The van der Waals surface area contributed by atoms with Crippen LogP contribution in [0.1, 0.15) is 19.8 Å². The molecule has 76 valence electrons. The quantitative estimate of drug-likeness (QED) is 0.731. The first-order chi connectivity index (χ1) is 5.96. The Labute approximate surface area is 75.3 Å². The molecule has 1 aliphatic heterocycles. The Kier molecular flexibility index (Phi) is 2.85. The molecule has 1 atom stereocenters. The van der Waals surface area contributed by atoms with Gasteiger partial charge in [-0.05, 0) is 13.0 Å². The van der Waals surface area contributed by atoms with E-state index in [0.29, 0.717) is 13.0 Å². The number of alkyl halides is 2. The maximum absolute atomic E-state index is 12.8. The van der Waals surface area contributed by atoms with Gasteiger partial charge < -0.3 is 5.11 Å². The Morgan fingerprint density at radius 2 is 2.31 bits per heavy atom. The zero-order chi connectivity index (χ0) is 10.1. The second-order valence-corrected chi connectivity index (χ2v) is 3.38. The van der Waals surface area contributed by atoms with Crippen molar-refractivity contribution in [3.63, 3.8) is 0 Å². The minimum Gasteiger partial charge on any atom is -0.480 e. The first-order valence-electron chi connectivity index (χ1n) is 4.31. The van der Waals surface area contributed by atoms with Gasteiger partial charge in [0.2, 0.25) is 0 Å². The topological polar surface area (TPSA) is 40.5 Å². The van der Waals surface area contributed by atoms with Gasteiger partial charge in [0.15, 0.2) is 0 Å². The number of hydrogen-bond donors (Lipinski definition) is 1. The molecule has 0 amide bonds. The molecule has 0 aromatic heterocycles. The second-order valence-electron chi connectivity index (χ2n) is 3.38. The molecular weight excluding hydrogens is 180 g/mol. The van der Waals surface area contributed by atoms with Crippen LogP contribution in [0.5, 0.6) is 0 Å². The van der Waals surface area contributed by atoms with Crippen molar-refractivity contribution in [1.82, 2.24) is 4.90 Å². The van der Waals surface area contributed by atoms with Crippen LogP contribution in [0.3, 0.4) is 0 Å². The van der Waals surface area contributed by atoms with Crippen LogP contribution >= 0.6 is 0 Å². The fourth-order valence-electron chi connectivity index (χ4n) is 1.65. The highest BCUT2D eigenvalue weighted by atomic mass is 19.3. The fraction of sp³-hybridized carbons (Fsp3) is 0.875. The molecule has 1 rings (SSSR count). The average molecular weight is 193 g/mol. The highest BCUT2D eigenvalue weighted by Crippen LogP contribution is 2.31. The summed E-state index contributed by atoms with van der Waals surface area (Å²) in [5.41, 5.74) is 0. The number of carboxylic acid groups (broad SMARTS) is 1. The molecule has 3 nitrogen and oxygen atoms in total. The predicted octanol–water partition coefficient (Wildman–Crippen LogP) is 1.19. The first-order valence-corrected chi connectivity index (χ1v) is 4.31. The Balaban J connectivity index is 2.65. The van der Waals surface area contributed by atoms with Crippen molar-refractivity contribution in [2.75, 3.05) is 13.1 Å². The summed E-state index contributed by atoms with van der Waals surface area (Å²) in [4.78, 5) is 11.9. The third-order valence-electron chi connectivity index (χ3n) is 2.16. The summed E-state index contributed by atoms with van der Waals surface area (Å²) in [5, 5.41) is 8.67. The number of aliphatic carboxylic acids is 1. The first kappa shape index (κ1) is 10.4. The molecule has 0 spiro atoms. The van der Waals surface area contributed by atoms with E-state index in [1.54, 1.807) is 0 Å². The lowest BCUT2D eigenvalue weighted by Crippen LogP contribution is -2.36. The van der Waals surface area contributed by atoms with E-state index in [2.05, 4.69) is 0 Å². The summed E-state index contributed by atoms with van der Waals surface area (Å²) >= 11 is 0. The van der Waals surface area contributed by atoms with Crippen molar-refractivity contribution in [1.29, 1.82) is 0 Å². The van der Waals surface area contributed by atoms with Gasteiger partial charge in [-0.2, -0.15) is 0 Å². The predicted molar refractivity (Wildman–Crippen MR) is 42.9 cm³/mol. The smallest absolute Gasteiger partial charge is 0.321 e. The summed E-state index contributed by atoms with van der Waals surface area (Å²) in [6.45, 7) is 1.85. The van der Waals surface area contributed by atoms with Crippen molar-refractivity contribution in [3.8, 4) is 0 Å². The largest absolute Gasteiger partial charge is 0.480 e. The van der Waals surface area contributed by atoms with Crippen LogP contribution in [-0.2, 0) is 4.79 Å². The molecule has 0 radical (unpaired) electrons. The molecule has 0 aromatic rings. The number of hydrogen-bond acceptors (Lipinski definition) is 2. The molecule has 0 bridgehead atoms. The molecule has 5 heteroatoms. The maximum atomic E-state index is 12.8. The summed E-state index contributed by atoms with van der Waals surface area (Å²) in [7, 11) is 0. The van der Waals surface area contributed by atoms with E-state index in [9.17, 15) is 13.6 Å². The number of halogens is 2. The summed E-state index contributed by atoms with van der Waals surface area (Å²) in [5.74, 6) is -3.98. The third-order valence-corrected chi connectivity index (χ3v) is 2.16. The molecule has 1 saturated heterocycles. The SMILES string of the molecule is CCCN1CC(F)(F)CC1C(=O)O. The van der Waals surface area contributed by atoms with Crippen molar-refractivity contribution < 1.29 is 18.7 Å². The molecule has 1 aliphatic rings. The standard InChI is InChI=1S/C8H13F2NO2/c1-2-3-11-5-8(9,10)4-6(11)7(12)13/h6H,2-5H2,1H3,(H,12,13). The molecule has 13 heavy (non-hydrogen) atoms.